The van der Waals surface area contributed by atoms with Gasteiger partial charge in [0, 0.05) is 24.2 Å². The summed E-state index contributed by atoms with van der Waals surface area (Å²) < 4.78 is 0. The van der Waals surface area contributed by atoms with Crippen LogP contribution in [0, 0.1) is 0 Å². The molecule has 0 aromatic heterocycles. The van der Waals surface area contributed by atoms with Crippen molar-refractivity contribution in [3.63, 3.8) is 0 Å². The fourth-order valence-electron chi connectivity index (χ4n) is 2.88. The van der Waals surface area contributed by atoms with E-state index in [9.17, 15) is 0 Å². The van der Waals surface area contributed by atoms with Gasteiger partial charge >= 0.3 is 0 Å². The Morgan fingerprint density at radius 2 is 2.09 bits per heavy atom. The van der Waals surface area contributed by atoms with Crippen molar-refractivity contribution >= 4 is 0 Å². The molecule has 2 aliphatic rings. The number of fused-ring (bicyclic) bond motifs is 2. The van der Waals surface area contributed by atoms with Crippen LogP contribution in [0.15, 0.2) is 0 Å². The predicted octanol–water partition coefficient (Wildman–Crippen LogP) is 0.959. The van der Waals surface area contributed by atoms with Crippen LogP contribution in [0.5, 0.6) is 0 Å². The Hall–Kier alpha value is -0.0800. The van der Waals surface area contributed by atoms with Crippen molar-refractivity contribution in [3.8, 4) is 0 Å². The Labute approximate surface area is 68.7 Å². The van der Waals surface area contributed by atoms with Gasteiger partial charge in [0.1, 0.15) is 0 Å². The molecule has 2 aliphatic heterocycles. The van der Waals surface area contributed by atoms with Crippen LogP contribution < -0.4 is 5.73 Å². The molecule has 3 atom stereocenters. The lowest BCUT2D eigenvalue weighted by Gasteiger charge is -2.26. The highest BCUT2D eigenvalue weighted by atomic mass is 15.3. The summed E-state index contributed by atoms with van der Waals surface area (Å²) in [6, 6.07) is 2.69. The molecule has 0 aliphatic carbocycles. The molecule has 0 spiro atoms. The molecule has 2 bridgehead atoms. The third-order valence-electron chi connectivity index (χ3n) is 3.23. The Morgan fingerprint density at radius 1 is 1.36 bits per heavy atom. The lowest BCUT2D eigenvalue weighted by atomic mass is 9.97. The van der Waals surface area contributed by atoms with Gasteiger partial charge in [-0.2, -0.15) is 0 Å². The molecule has 2 heteroatoms. The third kappa shape index (κ3) is 1.00. The quantitative estimate of drug-likeness (QED) is 0.609. The van der Waals surface area contributed by atoms with Crippen LogP contribution in [-0.2, 0) is 0 Å². The normalized spacial score (nSPS) is 44.2. The van der Waals surface area contributed by atoms with Crippen LogP contribution in [0.2, 0.25) is 0 Å². The van der Waals surface area contributed by atoms with Crippen LogP contribution >= 0.6 is 0 Å². The van der Waals surface area contributed by atoms with E-state index in [0.29, 0.717) is 18.1 Å². The first-order valence-electron chi connectivity index (χ1n) is 4.73. The van der Waals surface area contributed by atoms with Crippen molar-refractivity contribution in [1.82, 2.24) is 4.90 Å². The molecule has 2 rings (SSSR count). The van der Waals surface area contributed by atoms with Gasteiger partial charge in [0.2, 0.25) is 0 Å². The Bertz CT molecular complexity index is 156. The smallest absolute Gasteiger partial charge is 0.0254 e. The minimum absolute atomic E-state index is 0.469. The van der Waals surface area contributed by atoms with Crippen molar-refractivity contribution in [2.75, 3.05) is 0 Å². The monoisotopic (exact) mass is 154 g/mol. The number of rotatable bonds is 1. The van der Waals surface area contributed by atoms with Crippen LogP contribution in [-0.4, -0.2) is 29.1 Å². The minimum Gasteiger partial charge on any atom is -0.326 e. The maximum atomic E-state index is 6.01. The summed E-state index contributed by atoms with van der Waals surface area (Å²) in [6.45, 7) is 4.56. The number of nitrogens with two attached hydrogens (primary N) is 1. The fraction of sp³-hybridized carbons (Fsp3) is 1.00. The van der Waals surface area contributed by atoms with Crippen LogP contribution in [0.3, 0.4) is 0 Å². The molecule has 0 amide bonds. The van der Waals surface area contributed by atoms with Gasteiger partial charge in [-0.15, -0.1) is 0 Å². The van der Waals surface area contributed by atoms with E-state index in [1.165, 1.54) is 19.3 Å². The van der Waals surface area contributed by atoms with E-state index in [1.807, 2.05) is 0 Å². The van der Waals surface area contributed by atoms with Crippen LogP contribution in [0.4, 0.5) is 0 Å². The van der Waals surface area contributed by atoms with Crippen molar-refractivity contribution in [2.24, 2.45) is 5.73 Å². The number of nitrogens with zero attached hydrogens (tertiary/aromatic N) is 1. The molecule has 2 unspecified atom stereocenters. The van der Waals surface area contributed by atoms with E-state index < -0.39 is 0 Å². The lowest BCUT2D eigenvalue weighted by Crippen LogP contribution is -2.40. The fourth-order valence-corrected chi connectivity index (χ4v) is 2.88. The third-order valence-corrected chi connectivity index (χ3v) is 3.23. The SMILES string of the molecule is CC(C)N1C2CCC1[C@H](N)C2. The first kappa shape index (κ1) is 7.56. The molecule has 2 saturated heterocycles. The molecule has 2 fully saturated rings. The standard InChI is InChI=1S/C9H18N2/c1-6(2)11-7-3-4-9(11)8(10)5-7/h6-9H,3-5,10H2,1-2H3/t7?,8-,9?/m1/s1. The Morgan fingerprint density at radius 3 is 2.36 bits per heavy atom. The van der Waals surface area contributed by atoms with Crippen molar-refractivity contribution in [1.29, 1.82) is 0 Å². The maximum absolute atomic E-state index is 6.01. The average Bonchev–Trinajstić information content (AvgIpc) is 2.41. The Balaban J connectivity index is 2.13. The van der Waals surface area contributed by atoms with Crippen LogP contribution in [0.25, 0.3) is 0 Å². The second kappa shape index (κ2) is 2.46. The Kier molecular flexibility index (Phi) is 1.69. The largest absolute Gasteiger partial charge is 0.326 e. The first-order valence-corrected chi connectivity index (χ1v) is 4.73. The van der Waals surface area contributed by atoms with Gasteiger partial charge in [0.05, 0.1) is 0 Å². The molecular weight excluding hydrogens is 136 g/mol. The van der Waals surface area contributed by atoms with Crippen molar-refractivity contribution in [3.05, 3.63) is 0 Å². The van der Waals surface area contributed by atoms with E-state index in [-0.39, 0.29) is 0 Å². The lowest BCUT2D eigenvalue weighted by molar-refractivity contribution is 0.197. The highest BCUT2D eigenvalue weighted by molar-refractivity contribution is 5.03. The summed E-state index contributed by atoms with van der Waals surface area (Å²) >= 11 is 0. The van der Waals surface area contributed by atoms with Gasteiger partial charge < -0.3 is 5.73 Å². The second-order valence-electron chi connectivity index (χ2n) is 4.24. The van der Waals surface area contributed by atoms with Gasteiger partial charge in [-0.1, -0.05) is 0 Å². The molecule has 0 aromatic rings. The topological polar surface area (TPSA) is 29.3 Å². The van der Waals surface area contributed by atoms with E-state index in [1.54, 1.807) is 0 Å². The van der Waals surface area contributed by atoms with Gasteiger partial charge in [0.15, 0.2) is 0 Å². The highest BCUT2D eigenvalue weighted by Crippen LogP contribution is 2.37. The van der Waals surface area contributed by atoms with Gasteiger partial charge in [-0.05, 0) is 33.1 Å². The summed E-state index contributed by atoms with van der Waals surface area (Å²) in [5, 5.41) is 0. The van der Waals surface area contributed by atoms with Crippen molar-refractivity contribution in [2.45, 2.75) is 57.3 Å². The molecule has 2 nitrogen and oxygen atoms in total. The molecule has 11 heavy (non-hydrogen) atoms. The minimum atomic E-state index is 0.469. The molecule has 0 saturated carbocycles. The number of hydrogen-bond acceptors (Lipinski definition) is 2. The average molecular weight is 154 g/mol. The highest BCUT2D eigenvalue weighted by Gasteiger charge is 2.45. The molecule has 2 heterocycles. The molecular formula is C9H18N2. The maximum Gasteiger partial charge on any atom is 0.0254 e. The van der Waals surface area contributed by atoms with E-state index >= 15 is 0 Å². The van der Waals surface area contributed by atoms with E-state index in [0.717, 1.165) is 6.04 Å². The van der Waals surface area contributed by atoms with E-state index in [2.05, 4.69) is 18.7 Å². The second-order valence-corrected chi connectivity index (χ2v) is 4.24. The predicted molar refractivity (Wildman–Crippen MR) is 46.4 cm³/mol. The molecule has 0 radical (unpaired) electrons. The number of hydrogen-bond donors (Lipinski definition) is 1. The zero-order valence-electron chi connectivity index (χ0n) is 7.46. The van der Waals surface area contributed by atoms with Gasteiger partial charge in [-0.3, -0.25) is 4.90 Å². The zero-order valence-corrected chi connectivity index (χ0v) is 7.46. The molecule has 2 N–H and O–H groups in total. The summed E-state index contributed by atoms with van der Waals surface area (Å²) in [6.07, 6.45) is 3.96. The molecule has 64 valence electrons. The van der Waals surface area contributed by atoms with Gasteiger partial charge in [-0.25, -0.2) is 0 Å². The molecule has 0 aromatic carbocycles. The zero-order chi connectivity index (χ0) is 8.01. The van der Waals surface area contributed by atoms with Gasteiger partial charge in [0.25, 0.3) is 0 Å². The van der Waals surface area contributed by atoms with E-state index in [4.69, 9.17) is 5.73 Å². The summed E-state index contributed by atoms with van der Waals surface area (Å²) in [4.78, 5) is 2.62. The van der Waals surface area contributed by atoms with Crippen LogP contribution in [0.1, 0.15) is 33.1 Å². The first-order chi connectivity index (χ1) is 5.20. The summed E-state index contributed by atoms with van der Waals surface area (Å²) in [5.74, 6) is 0. The summed E-state index contributed by atoms with van der Waals surface area (Å²) in [7, 11) is 0. The summed E-state index contributed by atoms with van der Waals surface area (Å²) in [5.41, 5.74) is 6.01. The van der Waals surface area contributed by atoms with Crippen molar-refractivity contribution < 1.29 is 0 Å².